The second kappa shape index (κ2) is 16.2. The lowest BCUT2D eigenvalue weighted by Crippen LogP contribution is -2.33. The van der Waals surface area contributed by atoms with Crippen LogP contribution in [0.4, 0.5) is 0 Å². The number of hydrogen-bond donors (Lipinski definition) is 3. The number of carbonyl (C=O) groups is 1. The van der Waals surface area contributed by atoms with Crippen LogP contribution in [0.15, 0.2) is 54.6 Å². The van der Waals surface area contributed by atoms with Gasteiger partial charge in [-0.15, -0.1) is 12.4 Å². The van der Waals surface area contributed by atoms with Crippen LogP contribution < -0.4 is 24.8 Å². The summed E-state index contributed by atoms with van der Waals surface area (Å²) in [7, 11) is 1.58. The van der Waals surface area contributed by atoms with E-state index in [1.165, 1.54) is 0 Å². The number of benzene rings is 2. The Morgan fingerprint density at radius 3 is 2.23 bits per heavy atom. The van der Waals surface area contributed by atoms with E-state index in [2.05, 4.69) is 10.6 Å². The van der Waals surface area contributed by atoms with Gasteiger partial charge in [0.1, 0.15) is 36.6 Å². The maximum Gasteiger partial charge on any atom is 0.258 e. The Labute approximate surface area is 189 Å². The fourth-order valence-corrected chi connectivity index (χ4v) is 2.40. The summed E-state index contributed by atoms with van der Waals surface area (Å²) in [4.78, 5) is 11.6. The summed E-state index contributed by atoms with van der Waals surface area (Å²) in [6.45, 7) is 2.55. The number of methoxy groups -OCH3 is 1. The molecule has 0 aliphatic heterocycles. The molecule has 0 aliphatic carbocycles. The molecule has 3 N–H and O–H groups in total. The van der Waals surface area contributed by atoms with E-state index in [1.54, 1.807) is 31.4 Å². The lowest BCUT2D eigenvalue weighted by molar-refractivity contribution is -0.123. The molecule has 8 nitrogen and oxygen atoms in total. The van der Waals surface area contributed by atoms with Crippen LogP contribution in [-0.4, -0.2) is 70.3 Å². The first-order chi connectivity index (χ1) is 14.7. The number of aliphatic hydroxyl groups excluding tert-OH is 1. The summed E-state index contributed by atoms with van der Waals surface area (Å²) < 4.78 is 21.4. The summed E-state index contributed by atoms with van der Waals surface area (Å²) in [5.41, 5.74) is 0. The molecule has 1 atom stereocenters. The van der Waals surface area contributed by atoms with Crippen molar-refractivity contribution in [2.24, 2.45) is 0 Å². The number of carbonyl (C=O) groups excluding carboxylic acids is 1. The zero-order chi connectivity index (χ0) is 21.4. The Morgan fingerprint density at radius 2 is 1.55 bits per heavy atom. The third kappa shape index (κ3) is 12.0. The standard InChI is InChI=1S/C22H30N2O6.ClH/c1-27-13-12-24-22(26)17-30-21-9-7-20(8-10-21)28-14-11-23-15-18(25)16-29-19-5-3-2-4-6-19;/h2-10,18,23,25H,11-17H2,1H3,(H,24,26);1H/t18-;/m0./s1. The van der Waals surface area contributed by atoms with Gasteiger partial charge >= 0.3 is 0 Å². The minimum absolute atomic E-state index is 0. The van der Waals surface area contributed by atoms with Crippen molar-refractivity contribution in [3.63, 3.8) is 0 Å². The van der Waals surface area contributed by atoms with E-state index in [1.807, 2.05) is 30.3 Å². The van der Waals surface area contributed by atoms with E-state index in [9.17, 15) is 9.90 Å². The molecule has 2 aromatic rings. The molecule has 2 aromatic carbocycles. The number of rotatable bonds is 15. The van der Waals surface area contributed by atoms with Gasteiger partial charge in [0.25, 0.3) is 5.91 Å². The molecule has 172 valence electrons. The summed E-state index contributed by atoms with van der Waals surface area (Å²) in [6.07, 6.45) is -0.603. The summed E-state index contributed by atoms with van der Waals surface area (Å²) >= 11 is 0. The van der Waals surface area contributed by atoms with Gasteiger partial charge in [0, 0.05) is 26.7 Å². The quantitative estimate of drug-likeness (QED) is 0.352. The molecular weight excluding hydrogens is 424 g/mol. The molecule has 1 amide bonds. The first-order valence-corrected chi connectivity index (χ1v) is 9.85. The first kappa shape index (κ1) is 26.5. The minimum atomic E-state index is -0.603. The molecule has 0 spiro atoms. The second-order valence-electron chi connectivity index (χ2n) is 6.43. The highest BCUT2D eigenvalue weighted by Gasteiger charge is 2.05. The molecular formula is C22H31ClN2O6. The first-order valence-electron chi connectivity index (χ1n) is 9.85. The second-order valence-corrected chi connectivity index (χ2v) is 6.43. The smallest absolute Gasteiger partial charge is 0.258 e. The maximum atomic E-state index is 11.6. The SMILES string of the molecule is COCCNC(=O)COc1ccc(OCCNC[C@H](O)COc2ccccc2)cc1.Cl. The predicted molar refractivity (Wildman–Crippen MR) is 120 cm³/mol. The van der Waals surface area contributed by atoms with Gasteiger partial charge < -0.3 is 34.7 Å². The maximum absolute atomic E-state index is 11.6. The third-order valence-corrected chi connectivity index (χ3v) is 3.94. The van der Waals surface area contributed by atoms with Crippen LogP contribution in [0.25, 0.3) is 0 Å². The highest BCUT2D eigenvalue weighted by Crippen LogP contribution is 2.17. The molecule has 2 rings (SSSR count). The van der Waals surface area contributed by atoms with Crippen LogP contribution in [-0.2, 0) is 9.53 Å². The van der Waals surface area contributed by atoms with Crippen molar-refractivity contribution in [1.29, 1.82) is 0 Å². The van der Waals surface area contributed by atoms with Crippen LogP contribution in [0.3, 0.4) is 0 Å². The van der Waals surface area contributed by atoms with Gasteiger partial charge in [-0.05, 0) is 36.4 Å². The van der Waals surface area contributed by atoms with Crippen LogP contribution in [0.1, 0.15) is 0 Å². The number of halogens is 1. The molecule has 0 aromatic heterocycles. The molecule has 0 heterocycles. The van der Waals surface area contributed by atoms with E-state index in [-0.39, 0.29) is 31.5 Å². The summed E-state index contributed by atoms with van der Waals surface area (Å²) in [6, 6.07) is 16.4. The Balaban J connectivity index is 0.00000480. The molecule has 0 radical (unpaired) electrons. The van der Waals surface area contributed by atoms with E-state index < -0.39 is 6.10 Å². The summed E-state index contributed by atoms with van der Waals surface area (Å²) in [5, 5.41) is 15.7. The van der Waals surface area contributed by atoms with Crippen molar-refractivity contribution in [2.45, 2.75) is 6.10 Å². The van der Waals surface area contributed by atoms with Gasteiger partial charge in [-0.25, -0.2) is 0 Å². The van der Waals surface area contributed by atoms with Crippen molar-refractivity contribution in [1.82, 2.24) is 10.6 Å². The minimum Gasteiger partial charge on any atom is -0.492 e. The molecule has 0 aliphatic rings. The van der Waals surface area contributed by atoms with E-state index in [0.717, 1.165) is 5.75 Å². The average Bonchev–Trinajstić information content (AvgIpc) is 2.78. The lowest BCUT2D eigenvalue weighted by atomic mass is 10.3. The monoisotopic (exact) mass is 454 g/mol. The Kier molecular flexibility index (Phi) is 13.9. The van der Waals surface area contributed by atoms with Crippen molar-refractivity contribution >= 4 is 18.3 Å². The van der Waals surface area contributed by atoms with Gasteiger partial charge in [-0.2, -0.15) is 0 Å². The fourth-order valence-electron chi connectivity index (χ4n) is 2.40. The topological polar surface area (TPSA) is 98.3 Å². The van der Waals surface area contributed by atoms with Gasteiger partial charge in [0.15, 0.2) is 6.61 Å². The number of hydrogen-bond acceptors (Lipinski definition) is 7. The van der Waals surface area contributed by atoms with E-state index in [4.69, 9.17) is 18.9 Å². The van der Waals surface area contributed by atoms with Crippen molar-refractivity contribution in [2.75, 3.05) is 53.2 Å². The lowest BCUT2D eigenvalue weighted by Gasteiger charge is -2.13. The Hall–Kier alpha value is -2.52. The van der Waals surface area contributed by atoms with Crippen LogP contribution in [0, 0.1) is 0 Å². The van der Waals surface area contributed by atoms with Crippen LogP contribution in [0.2, 0.25) is 0 Å². The largest absolute Gasteiger partial charge is 0.492 e. The number of amides is 1. The van der Waals surface area contributed by atoms with Gasteiger partial charge in [-0.1, -0.05) is 18.2 Å². The van der Waals surface area contributed by atoms with Gasteiger partial charge in [-0.3, -0.25) is 4.79 Å². The van der Waals surface area contributed by atoms with Gasteiger partial charge in [0.2, 0.25) is 0 Å². The van der Waals surface area contributed by atoms with Gasteiger partial charge in [0.05, 0.1) is 6.61 Å². The fraction of sp³-hybridized carbons (Fsp3) is 0.409. The highest BCUT2D eigenvalue weighted by molar-refractivity contribution is 5.85. The average molecular weight is 455 g/mol. The van der Waals surface area contributed by atoms with Crippen molar-refractivity contribution in [3.8, 4) is 17.2 Å². The Morgan fingerprint density at radius 1 is 0.903 bits per heavy atom. The summed E-state index contributed by atoms with van der Waals surface area (Å²) in [5.74, 6) is 1.82. The number of nitrogens with one attached hydrogen (secondary N) is 2. The molecule has 0 fully saturated rings. The van der Waals surface area contributed by atoms with Crippen LogP contribution in [0.5, 0.6) is 17.2 Å². The van der Waals surface area contributed by atoms with Crippen molar-refractivity contribution < 1.29 is 28.8 Å². The number of ether oxygens (including phenoxy) is 4. The molecule has 0 bridgehead atoms. The normalized spacial score (nSPS) is 11.2. The molecule has 0 unspecified atom stereocenters. The third-order valence-electron chi connectivity index (χ3n) is 3.94. The van der Waals surface area contributed by atoms with E-state index in [0.29, 0.717) is 44.3 Å². The highest BCUT2D eigenvalue weighted by atomic mass is 35.5. The van der Waals surface area contributed by atoms with Crippen LogP contribution >= 0.6 is 12.4 Å². The Bertz CT molecular complexity index is 718. The molecule has 0 saturated heterocycles. The zero-order valence-corrected chi connectivity index (χ0v) is 18.4. The number of para-hydroxylation sites is 1. The van der Waals surface area contributed by atoms with Crippen molar-refractivity contribution in [3.05, 3.63) is 54.6 Å². The molecule has 9 heteroatoms. The molecule has 0 saturated carbocycles. The zero-order valence-electron chi connectivity index (χ0n) is 17.6. The van der Waals surface area contributed by atoms with E-state index >= 15 is 0 Å². The molecule has 31 heavy (non-hydrogen) atoms. The predicted octanol–water partition coefficient (Wildman–Crippen LogP) is 1.66. The number of aliphatic hydroxyl groups is 1.